The molecule has 1 aliphatic heterocycles. The van der Waals surface area contributed by atoms with Gasteiger partial charge in [-0.2, -0.15) is 0 Å². The van der Waals surface area contributed by atoms with E-state index in [1.807, 2.05) is 6.07 Å². The summed E-state index contributed by atoms with van der Waals surface area (Å²) in [6, 6.07) is 16.9. The van der Waals surface area contributed by atoms with Crippen LogP contribution in [0.2, 0.25) is 0 Å². The van der Waals surface area contributed by atoms with Gasteiger partial charge in [0.15, 0.2) is 5.92 Å². The molecule has 32 heavy (non-hydrogen) atoms. The van der Waals surface area contributed by atoms with E-state index >= 15 is 0 Å². The number of pyridine rings is 1. The highest BCUT2D eigenvalue weighted by Crippen LogP contribution is 2.30. The standard InChI is InChI=1S/C23H18FN3O5/c24-16-8-6-14(7-9-16)12-25-21(29)19-20-17(10-11-18(28)26-20)22(30)27(23(19)31)32-13-15-4-2-1-3-5-15/h1-11,19H,12-13H2,(H,25,29)(H,26,28). The first-order valence-corrected chi connectivity index (χ1v) is 9.71. The van der Waals surface area contributed by atoms with E-state index in [0.29, 0.717) is 10.6 Å². The molecule has 162 valence electrons. The lowest BCUT2D eigenvalue weighted by molar-refractivity contribution is -0.177. The molecule has 1 atom stereocenters. The molecule has 0 bridgehead atoms. The molecule has 2 N–H and O–H groups in total. The topological polar surface area (TPSA) is 109 Å². The molecule has 0 fully saturated rings. The van der Waals surface area contributed by atoms with E-state index in [9.17, 15) is 23.9 Å². The van der Waals surface area contributed by atoms with Crippen LogP contribution in [-0.2, 0) is 27.6 Å². The van der Waals surface area contributed by atoms with E-state index in [1.165, 1.54) is 36.4 Å². The number of hydrogen-bond acceptors (Lipinski definition) is 6. The van der Waals surface area contributed by atoms with Crippen LogP contribution in [0.1, 0.15) is 33.1 Å². The van der Waals surface area contributed by atoms with Gasteiger partial charge >= 0.3 is 0 Å². The molecule has 1 unspecified atom stereocenters. The molecule has 3 amide bonds. The molecule has 0 spiro atoms. The predicted molar refractivity (Wildman–Crippen MR) is 109 cm³/mol. The maximum atomic E-state index is 13.1. The lowest BCUT2D eigenvalue weighted by atomic mass is 9.93. The summed E-state index contributed by atoms with van der Waals surface area (Å²) in [7, 11) is 0. The van der Waals surface area contributed by atoms with Gasteiger partial charge in [-0.15, -0.1) is 5.06 Å². The average molecular weight is 435 g/mol. The Hall–Kier alpha value is -4.11. The SMILES string of the molecule is O=C(NCc1ccc(F)cc1)C1C(=O)N(OCc2ccccc2)C(=O)c2ccc(O)nc21. The number of nitrogens with one attached hydrogen (secondary N) is 1. The maximum Gasteiger partial charge on any atom is 0.286 e. The maximum absolute atomic E-state index is 13.1. The highest BCUT2D eigenvalue weighted by atomic mass is 19.1. The van der Waals surface area contributed by atoms with E-state index in [4.69, 9.17) is 4.84 Å². The lowest BCUT2D eigenvalue weighted by Crippen LogP contribution is -2.49. The van der Waals surface area contributed by atoms with Crippen LogP contribution in [0.3, 0.4) is 0 Å². The molecule has 0 aliphatic carbocycles. The number of hydroxylamine groups is 2. The van der Waals surface area contributed by atoms with Crippen LogP contribution < -0.4 is 5.32 Å². The zero-order valence-corrected chi connectivity index (χ0v) is 16.7. The molecule has 9 heteroatoms. The Kier molecular flexibility index (Phi) is 5.91. The summed E-state index contributed by atoms with van der Waals surface area (Å²) in [5.41, 5.74) is 1.15. The molecule has 1 aliphatic rings. The van der Waals surface area contributed by atoms with Crippen molar-refractivity contribution < 1.29 is 28.7 Å². The number of carbonyl (C=O) groups excluding carboxylic acids is 3. The van der Waals surface area contributed by atoms with E-state index < -0.39 is 35.3 Å². The van der Waals surface area contributed by atoms with Gasteiger partial charge in [0, 0.05) is 12.6 Å². The van der Waals surface area contributed by atoms with Gasteiger partial charge < -0.3 is 10.4 Å². The van der Waals surface area contributed by atoms with Crippen molar-refractivity contribution in [1.82, 2.24) is 15.4 Å². The number of benzene rings is 2. The van der Waals surface area contributed by atoms with E-state index in [-0.39, 0.29) is 24.4 Å². The van der Waals surface area contributed by atoms with Crippen LogP contribution in [-0.4, -0.2) is 32.9 Å². The van der Waals surface area contributed by atoms with Crippen molar-refractivity contribution >= 4 is 17.7 Å². The second-order valence-corrected chi connectivity index (χ2v) is 7.08. The van der Waals surface area contributed by atoms with Crippen molar-refractivity contribution in [2.45, 2.75) is 19.1 Å². The van der Waals surface area contributed by atoms with Gasteiger partial charge in [0.2, 0.25) is 11.8 Å². The number of nitrogens with zero attached hydrogens (tertiary/aromatic N) is 2. The number of halogens is 1. The fraction of sp³-hybridized carbons (Fsp3) is 0.130. The summed E-state index contributed by atoms with van der Waals surface area (Å²) in [5, 5.41) is 12.9. The number of rotatable bonds is 6. The van der Waals surface area contributed by atoms with E-state index in [2.05, 4.69) is 10.3 Å². The number of amides is 3. The number of fused-ring (bicyclic) bond motifs is 1. The summed E-state index contributed by atoms with van der Waals surface area (Å²) >= 11 is 0. The van der Waals surface area contributed by atoms with Crippen LogP contribution in [0.4, 0.5) is 4.39 Å². The zero-order valence-electron chi connectivity index (χ0n) is 16.7. The van der Waals surface area contributed by atoms with Crippen molar-refractivity contribution in [3.05, 3.63) is 94.9 Å². The predicted octanol–water partition coefficient (Wildman–Crippen LogP) is 2.44. The van der Waals surface area contributed by atoms with Gasteiger partial charge in [-0.05, 0) is 29.3 Å². The minimum absolute atomic E-state index is 0.0237. The second kappa shape index (κ2) is 8.94. The summed E-state index contributed by atoms with van der Waals surface area (Å²) in [4.78, 5) is 48.2. The molecular formula is C23H18FN3O5. The Labute approximate surface area is 182 Å². The molecule has 0 saturated carbocycles. The van der Waals surface area contributed by atoms with Crippen molar-refractivity contribution in [2.24, 2.45) is 0 Å². The summed E-state index contributed by atoms with van der Waals surface area (Å²) in [6.45, 7) is -0.0427. The number of imide groups is 1. The third-order valence-electron chi connectivity index (χ3n) is 4.89. The fourth-order valence-corrected chi connectivity index (χ4v) is 3.27. The van der Waals surface area contributed by atoms with Crippen LogP contribution in [0.5, 0.6) is 5.88 Å². The number of carbonyl (C=O) groups is 3. The third kappa shape index (κ3) is 4.33. The van der Waals surface area contributed by atoms with Crippen LogP contribution in [0.15, 0.2) is 66.7 Å². The molecule has 8 nitrogen and oxygen atoms in total. The van der Waals surface area contributed by atoms with E-state index in [0.717, 1.165) is 5.56 Å². The Bertz CT molecular complexity index is 1170. The molecular weight excluding hydrogens is 417 g/mol. The molecule has 2 heterocycles. The molecule has 1 aromatic heterocycles. The van der Waals surface area contributed by atoms with Gasteiger partial charge in [-0.1, -0.05) is 42.5 Å². The largest absolute Gasteiger partial charge is 0.493 e. The Morgan fingerprint density at radius 3 is 2.47 bits per heavy atom. The van der Waals surface area contributed by atoms with Crippen LogP contribution in [0.25, 0.3) is 0 Å². The van der Waals surface area contributed by atoms with Crippen molar-refractivity contribution in [1.29, 1.82) is 0 Å². The number of hydrogen-bond donors (Lipinski definition) is 2. The van der Waals surface area contributed by atoms with Gasteiger partial charge in [0.05, 0.1) is 11.3 Å². The molecule has 0 saturated heterocycles. The summed E-state index contributed by atoms with van der Waals surface area (Å²) in [6.07, 6.45) is 0. The number of aromatic hydroxyl groups is 1. The lowest BCUT2D eigenvalue weighted by Gasteiger charge is -2.30. The molecule has 2 aromatic carbocycles. The van der Waals surface area contributed by atoms with E-state index in [1.54, 1.807) is 24.3 Å². The van der Waals surface area contributed by atoms with Gasteiger partial charge in [-0.25, -0.2) is 9.37 Å². The van der Waals surface area contributed by atoms with Crippen molar-refractivity contribution in [3.8, 4) is 5.88 Å². The highest BCUT2D eigenvalue weighted by molar-refractivity contribution is 6.17. The minimum Gasteiger partial charge on any atom is -0.493 e. The summed E-state index contributed by atoms with van der Waals surface area (Å²) in [5.74, 6) is -4.80. The van der Waals surface area contributed by atoms with Crippen molar-refractivity contribution in [2.75, 3.05) is 0 Å². The molecule has 3 aromatic rings. The zero-order chi connectivity index (χ0) is 22.7. The van der Waals surface area contributed by atoms with Gasteiger partial charge in [0.25, 0.3) is 11.8 Å². The Morgan fingerprint density at radius 2 is 1.75 bits per heavy atom. The number of aromatic nitrogens is 1. The first-order chi connectivity index (χ1) is 15.4. The minimum atomic E-state index is -1.51. The van der Waals surface area contributed by atoms with Crippen LogP contribution in [0, 0.1) is 5.82 Å². The van der Waals surface area contributed by atoms with Crippen LogP contribution >= 0.6 is 0 Å². The first kappa shape index (κ1) is 21.1. The fourth-order valence-electron chi connectivity index (χ4n) is 3.27. The highest BCUT2D eigenvalue weighted by Gasteiger charge is 2.45. The second-order valence-electron chi connectivity index (χ2n) is 7.08. The third-order valence-corrected chi connectivity index (χ3v) is 4.89. The van der Waals surface area contributed by atoms with Gasteiger partial charge in [0.1, 0.15) is 12.4 Å². The monoisotopic (exact) mass is 435 g/mol. The average Bonchev–Trinajstić information content (AvgIpc) is 2.79. The Morgan fingerprint density at radius 1 is 1.03 bits per heavy atom. The smallest absolute Gasteiger partial charge is 0.286 e. The van der Waals surface area contributed by atoms with Crippen molar-refractivity contribution in [3.63, 3.8) is 0 Å². The molecule has 0 radical (unpaired) electrons. The summed E-state index contributed by atoms with van der Waals surface area (Å²) < 4.78 is 13.1. The first-order valence-electron chi connectivity index (χ1n) is 9.71. The Balaban J connectivity index is 1.58. The quantitative estimate of drug-likeness (QED) is 0.455. The normalized spacial score (nSPS) is 15.4. The molecule has 4 rings (SSSR count). The van der Waals surface area contributed by atoms with Gasteiger partial charge in [-0.3, -0.25) is 19.2 Å².